The van der Waals surface area contributed by atoms with Crippen molar-refractivity contribution in [3.8, 4) is 0 Å². The molecule has 2 N–H and O–H groups in total. The summed E-state index contributed by atoms with van der Waals surface area (Å²) in [7, 11) is 0. The minimum Gasteiger partial charge on any atom is -0.384 e. The fraction of sp³-hybridized carbons (Fsp3) is 0.278. The van der Waals surface area contributed by atoms with Gasteiger partial charge in [-0.25, -0.2) is 0 Å². The van der Waals surface area contributed by atoms with Crippen LogP contribution in [0.4, 0.5) is 11.4 Å². The number of fused-ring (bicyclic) bond motifs is 1. The maximum Gasteiger partial charge on any atom is 0.229 e. The van der Waals surface area contributed by atoms with Gasteiger partial charge in [-0.2, -0.15) is 0 Å². The minimum atomic E-state index is -0.0225. The summed E-state index contributed by atoms with van der Waals surface area (Å²) >= 11 is 0. The van der Waals surface area contributed by atoms with Crippen LogP contribution in [0.3, 0.4) is 0 Å². The van der Waals surface area contributed by atoms with Gasteiger partial charge in [-0.15, -0.1) is 0 Å². The van der Waals surface area contributed by atoms with Gasteiger partial charge in [-0.05, 0) is 42.2 Å². The van der Waals surface area contributed by atoms with Crippen molar-refractivity contribution in [2.45, 2.75) is 19.8 Å². The molecule has 1 heterocycles. The molecule has 1 amide bonds. The first-order valence-electron chi connectivity index (χ1n) is 7.48. The van der Waals surface area contributed by atoms with E-state index in [0.29, 0.717) is 6.54 Å². The lowest BCUT2D eigenvalue weighted by molar-refractivity contribution is -0.119. The van der Waals surface area contributed by atoms with Crippen molar-refractivity contribution in [1.82, 2.24) is 0 Å². The molecule has 0 aromatic heterocycles. The zero-order valence-corrected chi connectivity index (χ0v) is 12.2. The van der Waals surface area contributed by atoms with Crippen molar-refractivity contribution in [2.24, 2.45) is 5.92 Å². The molecule has 0 radical (unpaired) electrons. The highest BCUT2D eigenvalue weighted by molar-refractivity contribution is 5.93. The van der Waals surface area contributed by atoms with E-state index >= 15 is 0 Å². The number of carbonyl (C=O) groups excluding carboxylic acids is 1. The highest BCUT2D eigenvalue weighted by Gasteiger charge is 2.24. The van der Waals surface area contributed by atoms with Gasteiger partial charge < -0.3 is 10.6 Å². The third-order valence-corrected chi connectivity index (χ3v) is 4.02. The second-order valence-electron chi connectivity index (χ2n) is 5.48. The molecule has 0 aliphatic carbocycles. The third kappa shape index (κ3) is 3.07. The van der Waals surface area contributed by atoms with Crippen LogP contribution in [0.5, 0.6) is 0 Å². The first-order chi connectivity index (χ1) is 10.3. The second kappa shape index (κ2) is 6.00. The summed E-state index contributed by atoms with van der Waals surface area (Å²) in [6.45, 7) is 2.81. The summed E-state index contributed by atoms with van der Waals surface area (Å²) < 4.78 is 0. The number of carbonyl (C=O) groups is 1. The molecule has 1 atom stereocenters. The maximum atomic E-state index is 12.4. The summed E-state index contributed by atoms with van der Waals surface area (Å²) in [5, 5.41) is 6.35. The molecule has 0 saturated carbocycles. The Labute approximate surface area is 125 Å². The first kappa shape index (κ1) is 13.7. The van der Waals surface area contributed by atoms with Gasteiger partial charge in [-0.1, -0.05) is 37.3 Å². The van der Waals surface area contributed by atoms with Crippen LogP contribution in [0.25, 0.3) is 0 Å². The Morgan fingerprint density at radius 1 is 1.19 bits per heavy atom. The fourth-order valence-electron chi connectivity index (χ4n) is 2.70. The maximum absolute atomic E-state index is 12.4. The summed E-state index contributed by atoms with van der Waals surface area (Å²) in [5.41, 5.74) is 4.51. The Hall–Kier alpha value is -2.29. The predicted molar refractivity (Wildman–Crippen MR) is 86.6 cm³/mol. The topological polar surface area (TPSA) is 41.1 Å². The van der Waals surface area contributed by atoms with E-state index < -0.39 is 0 Å². The van der Waals surface area contributed by atoms with Gasteiger partial charge in [0.15, 0.2) is 0 Å². The smallest absolute Gasteiger partial charge is 0.229 e. The molecule has 1 aliphatic rings. The number of anilines is 2. The zero-order chi connectivity index (χ0) is 14.7. The Balaban J connectivity index is 1.66. The van der Waals surface area contributed by atoms with Gasteiger partial charge in [0.25, 0.3) is 0 Å². The third-order valence-electron chi connectivity index (χ3n) is 4.02. The average Bonchev–Trinajstić information content (AvgIpc) is 2.55. The summed E-state index contributed by atoms with van der Waals surface area (Å²) in [5.74, 6) is 0.0620. The summed E-state index contributed by atoms with van der Waals surface area (Å²) in [6.07, 6.45) is 1.81. The van der Waals surface area contributed by atoms with E-state index in [1.807, 2.05) is 24.3 Å². The highest BCUT2D eigenvalue weighted by atomic mass is 16.1. The molecule has 21 heavy (non-hydrogen) atoms. The molecule has 0 fully saturated rings. The van der Waals surface area contributed by atoms with E-state index in [1.54, 1.807) is 0 Å². The lowest BCUT2D eigenvalue weighted by Crippen LogP contribution is -2.33. The number of benzene rings is 2. The molecule has 2 aromatic carbocycles. The van der Waals surface area contributed by atoms with Gasteiger partial charge in [-0.3, -0.25) is 4.79 Å². The lowest BCUT2D eigenvalue weighted by atomic mass is 9.93. The second-order valence-corrected chi connectivity index (χ2v) is 5.48. The van der Waals surface area contributed by atoms with E-state index in [0.717, 1.165) is 24.2 Å². The van der Waals surface area contributed by atoms with E-state index in [1.165, 1.54) is 11.1 Å². The van der Waals surface area contributed by atoms with Crippen molar-refractivity contribution in [2.75, 3.05) is 17.2 Å². The highest BCUT2D eigenvalue weighted by Crippen LogP contribution is 2.25. The molecule has 108 valence electrons. The Morgan fingerprint density at radius 3 is 2.71 bits per heavy atom. The molecule has 0 spiro atoms. The van der Waals surface area contributed by atoms with Gasteiger partial charge in [0.1, 0.15) is 0 Å². The largest absolute Gasteiger partial charge is 0.384 e. The SMILES string of the molecule is CCc1ccc(NC(=O)C2CNc3ccccc3C2)cc1. The standard InChI is InChI=1S/C18H20N2O/c1-2-13-7-9-16(10-8-13)20-18(21)15-11-14-5-3-4-6-17(14)19-12-15/h3-10,15,19H,2,11-12H2,1H3,(H,20,21). The Morgan fingerprint density at radius 2 is 1.95 bits per heavy atom. The fourth-order valence-corrected chi connectivity index (χ4v) is 2.70. The number of hydrogen-bond donors (Lipinski definition) is 2. The molecule has 1 aliphatic heterocycles. The van der Waals surface area contributed by atoms with Crippen LogP contribution in [0.2, 0.25) is 0 Å². The number of hydrogen-bond acceptors (Lipinski definition) is 2. The van der Waals surface area contributed by atoms with Crippen LogP contribution in [0, 0.1) is 5.92 Å². The number of amides is 1. The minimum absolute atomic E-state index is 0.0225. The van der Waals surface area contributed by atoms with Crippen molar-refractivity contribution >= 4 is 17.3 Å². The molecule has 1 unspecified atom stereocenters. The molecular weight excluding hydrogens is 260 g/mol. The monoisotopic (exact) mass is 280 g/mol. The molecule has 3 heteroatoms. The normalized spacial score (nSPS) is 16.7. The quantitative estimate of drug-likeness (QED) is 0.904. The lowest BCUT2D eigenvalue weighted by Gasteiger charge is -2.25. The van der Waals surface area contributed by atoms with Gasteiger partial charge in [0, 0.05) is 17.9 Å². The zero-order valence-electron chi connectivity index (χ0n) is 12.2. The molecule has 2 aromatic rings. The van der Waals surface area contributed by atoms with Crippen LogP contribution in [-0.2, 0) is 17.6 Å². The van der Waals surface area contributed by atoms with E-state index in [-0.39, 0.29) is 11.8 Å². The van der Waals surface area contributed by atoms with Crippen molar-refractivity contribution in [3.63, 3.8) is 0 Å². The van der Waals surface area contributed by atoms with Crippen LogP contribution in [0.15, 0.2) is 48.5 Å². The van der Waals surface area contributed by atoms with Crippen molar-refractivity contribution in [1.29, 1.82) is 0 Å². The van der Waals surface area contributed by atoms with Gasteiger partial charge in [0.2, 0.25) is 5.91 Å². The average molecular weight is 280 g/mol. The van der Waals surface area contributed by atoms with Gasteiger partial charge >= 0.3 is 0 Å². The molecule has 3 nitrogen and oxygen atoms in total. The van der Waals surface area contributed by atoms with E-state index in [9.17, 15) is 4.79 Å². The molecule has 3 rings (SSSR count). The number of aryl methyl sites for hydroxylation is 1. The molecular formula is C18H20N2O. The summed E-state index contributed by atoms with van der Waals surface area (Å²) in [6, 6.07) is 16.2. The number of para-hydroxylation sites is 1. The molecule has 0 saturated heterocycles. The Kier molecular flexibility index (Phi) is 3.91. The predicted octanol–water partition coefficient (Wildman–Crippen LogP) is 3.47. The molecule has 0 bridgehead atoms. The van der Waals surface area contributed by atoms with Crippen LogP contribution >= 0.6 is 0 Å². The number of rotatable bonds is 3. The summed E-state index contributed by atoms with van der Waals surface area (Å²) in [4.78, 5) is 12.4. The van der Waals surface area contributed by atoms with Crippen molar-refractivity contribution in [3.05, 3.63) is 59.7 Å². The van der Waals surface area contributed by atoms with Crippen molar-refractivity contribution < 1.29 is 4.79 Å². The van der Waals surface area contributed by atoms with Crippen LogP contribution in [-0.4, -0.2) is 12.5 Å². The van der Waals surface area contributed by atoms with Gasteiger partial charge in [0.05, 0.1) is 5.92 Å². The number of nitrogens with one attached hydrogen (secondary N) is 2. The van der Waals surface area contributed by atoms with E-state index in [2.05, 4.69) is 41.8 Å². The van der Waals surface area contributed by atoms with Crippen LogP contribution in [0.1, 0.15) is 18.1 Å². The Bertz CT molecular complexity index is 634. The van der Waals surface area contributed by atoms with Crippen LogP contribution < -0.4 is 10.6 Å². The van der Waals surface area contributed by atoms with E-state index in [4.69, 9.17) is 0 Å². The first-order valence-corrected chi connectivity index (χ1v) is 7.48.